The van der Waals surface area contributed by atoms with Crippen LogP contribution in [0.4, 0.5) is 13.2 Å². The predicted octanol–water partition coefficient (Wildman–Crippen LogP) is 1.48. The molecular formula is C16H19F3N2O3. The van der Waals surface area contributed by atoms with Crippen LogP contribution in [-0.4, -0.2) is 40.5 Å². The number of primary amides is 1. The third-order valence-corrected chi connectivity index (χ3v) is 4.02. The molecule has 1 aromatic rings. The summed E-state index contributed by atoms with van der Waals surface area (Å²) in [5.41, 5.74) is 3.17. The molecule has 0 aromatic heterocycles. The number of carbonyl (C=O) groups is 2. The monoisotopic (exact) mass is 344 g/mol. The van der Waals surface area contributed by atoms with E-state index >= 15 is 0 Å². The van der Waals surface area contributed by atoms with E-state index in [9.17, 15) is 27.9 Å². The Morgan fingerprint density at radius 3 is 2.67 bits per heavy atom. The summed E-state index contributed by atoms with van der Waals surface area (Å²) in [5.74, 6) is -1.05. The van der Waals surface area contributed by atoms with Gasteiger partial charge in [0.1, 0.15) is 0 Å². The number of hydrogen-bond acceptors (Lipinski definition) is 3. The van der Waals surface area contributed by atoms with E-state index in [1.807, 2.05) is 0 Å². The first-order valence-electron chi connectivity index (χ1n) is 7.54. The van der Waals surface area contributed by atoms with Gasteiger partial charge in [0.15, 0.2) is 0 Å². The molecule has 1 aromatic carbocycles. The number of β-amino-alcohol motifs (C(OH)–C–C–N with tert-alkyl or cyclic N) is 1. The molecule has 132 valence electrons. The summed E-state index contributed by atoms with van der Waals surface area (Å²) < 4.78 is 38.1. The van der Waals surface area contributed by atoms with Gasteiger partial charge in [0.2, 0.25) is 11.8 Å². The van der Waals surface area contributed by atoms with E-state index in [0.29, 0.717) is 19.4 Å². The highest BCUT2D eigenvalue weighted by atomic mass is 19.4. The van der Waals surface area contributed by atoms with E-state index in [1.165, 1.54) is 17.0 Å². The number of piperidine rings is 1. The Labute approximate surface area is 137 Å². The molecule has 1 heterocycles. The number of likely N-dealkylation sites (tertiary alicyclic amines) is 1. The Kier molecular flexibility index (Phi) is 5.17. The molecule has 0 saturated carbocycles. The Balaban J connectivity index is 2.06. The molecule has 1 fully saturated rings. The van der Waals surface area contributed by atoms with Crippen molar-refractivity contribution in [2.24, 2.45) is 5.73 Å². The molecule has 3 N–H and O–H groups in total. The fourth-order valence-electron chi connectivity index (χ4n) is 2.94. The molecular weight excluding hydrogens is 325 g/mol. The van der Waals surface area contributed by atoms with Crippen LogP contribution in [0.25, 0.3) is 0 Å². The van der Waals surface area contributed by atoms with Gasteiger partial charge in [-0.15, -0.1) is 0 Å². The zero-order valence-corrected chi connectivity index (χ0v) is 13.0. The lowest BCUT2D eigenvalue weighted by Gasteiger charge is -2.38. The second-order valence-electron chi connectivity index (χ2n) is 6.16. The van der Waals surface area contributed by atoms with Crippen molar-refractivity contribution in [3.05, 3.63) is 35.4 Å². The van der Waals surface area contributed by atoms with Crippen LogP contribution < -0.4 is 5.73 Å². The minimum Gasteiger partial charge on any atom is -0.388 e. The summed E-state index contributed by atoms with van der Waals surface area (Å²) in [6.45, 7) is 0.340. The summed E-state index contributed by atoms with van der Waals surface area (Å²) in [4.78, 5) is 24.7. The van der Waals surface area contributed by atoms with Gasteiger partial charge in [0, 0.05) is 13.1 Å². The van der Waals surface area contributed by atoms with Crippen LogP contribution in [0.3, 0.4) is 0 Å². The zero-order chi connectivity index (χ0) is 18.0. The van der Waals surface area contributed by atoms with Gasteiger partial charge < -0.3 is 15.7 Å². The van der Waals surface area contributed by atoms with Crippen LogP contribution in [0.5, 0.6) is 0 Å². The number of hydrogen-bond donors (Lipinski definition) is 2. The van der Waals surface area contributed by atoms with Crippen molar-refractivity contribution in [1.82, 2.24) is 4.90 Å². The molecule has 24 heavy (non-hydrogen) atoms. The van der Waals surface area contributed by atoms with E-state index in [0.717, 1.165) is 12.1 Å². The molecule has 5 nitrogen and oxygen atoms in total. The van der Waals surface area contributed by atoms with Crippen LogP contribution in [0.2, 0.25) is 0 Å². The number of nitrogens with two attached hydrogens (primary N) is 1. The maximum Gasteiger partial charge on any atom is 0.416 e. The molecule has 2 rings (SSSR count). The maximum absolute atomic E-state index is 12.7. The van der Waals surface area contributed by atoms with E-state index in [4.69, 9.17) is 5.73 Å². The number of nitrogens with zero attached hydrogens (tertiary/aromatic N) is 1. The number of carbonyl (C=O) groups excluding carboxylic acids is 2. The zero-order valence-electron chi connectivity index (χ0n) is 13.0. The highest BCUT2D eigenvalue weighted by Gasteiger charge is 2.36. The quantitative estimate of drug-likeness (QED) is 0.868. The van der Waals surface area contributed by atoms with Crippen molar-refractivity contribution < 1.29 is 27.9 Å². The smallest absolute Gasteiger partial charge is 0.388 e. The van der Waals surface area contributed by atoms with Crippen molar-refractivity contribution in [3.8, 4) is 0 Å². The highest BCUT2D eigenvalue weighted by molar-refractivity contribution is 5.79. The first-order valence-corrected chi connectivity index (χ1v) is 7.54. The standard InChI is InChI=1S/C16H19F3N2O3/c17-16(18,19)12-4-1-3-11(7-12)8-14(23)21-6-2-5-15(24,10-21)9-13(20)22/h1,3-4,7,24H,2,5-6,8-10H2,(H2,20,22). The minimum atomic E-state index is -4.47. The lowest BCUT2D eigenvalue weighted by Crippen LogP contribution is -2.52. The molecule has 1 saturated heterocycles. The molecule has 1 aliphatic rings. The molecule has 0 bridgehead atoms. The maximum atomic E-state index is 12.7. The summed E-state index contributed by atoms with van der Waals surface area (Å²) in [7, 11) is 0. The van der Waals surface area contributed by atoms with Crippen molar-refractivity contribution in [3.63, 3.8) is 0 Å². The molecule has 0 radical (unpaired) electrons. The fraction of sp³-hybridized carbons (Fsp3) is 0.500. The summed E-state index contributed by atoms with van der Waals surface area (Å²) >= 11 is 0. The minimum absolute atomic E-state index is 0.0479. The fourth-order valence-corrected chi connectivity index (χ4v) is 2.94. The molecule has 1 unspecified atom stereocenters. The molecule has 0 aliphatic carbocycles. The normalized spacial score (nSPS) is 21.6. The Bertz CT molecular complexity index is 633. The molecule has 2 amide bonds. The first kappa shape index (κ1) is 18.3. The van der Waals surface area contributed by atoms with E-state index in [1.54, 1.807) is 0 Å². The van der Waals surface area contributed by atoms with Crippen molar-refractivity contribution >= 4 is 11.8 Å². The average molecular weight is 344 g/mol. The van der Waals surface area contributed by atoms with Crippen LogP contribution in [0.15, 0.2) is 24.3 Å². The van der Waals surface area contributed by atoms with Crippen molar-refractivity contribution in [2.45, 2.75) is 37.5 Å². The van der Waals surface area contributed by atoms with Crippen LogP contribution in [-0.2, 0) is 22.2 Å². The molecule has 1 atom stereocenters. The number of alkyl halides is 3. The van der Waals surface area contributed by atoms with Gasteiger partial charge in [-0.05, 0) is 24.5 Å². The third kappa shape index (κ3) is 4.70. The number of rotatable bonds is 4. The van der Waals surface area contributed by atoms with Crippen molar-refractivity contribution in [2.75, 3.05) is 13.1 Å². The summed E-state index contributed by atoms with van der Waals surface area (Å²) in [5, 5.41) is 10.3. The second-order valence-corrected chi connectivity index (χ2v) is 6.16. The summed E-state index contributed by atoms with van der Waals surface area (Å²) in [6, 6.07) is 4.59. The van der Waals surface area contributed by atoms with E-state index < -0.39 is 29.2 Å². The van der Waals surface area contributed by atoms with Gasteiger partial charge >= 0.3 is 6.18 Å². The number of benzene rings is 1. The van der Waals surface area contributed by atoms with Crippen molar-refractivity contribution in [1.29, 1.82) is 0 Å². The van der Waals surface area contributed by atoms with Gasteiger partial charge in [-0.25, -0.2) is 0 Å². The lowest BCUT2D eigenvalue weighted by atomic mass is 9.89. The average Bonchev–Trinajstić information content (AvgIpc) is 2.45. The van der Waals surface area contributed by atoms with Crippen LogP contribution in [0, 0.1) is 0 Å². The second kappa shape index (κ2) is 6.80. The van der Waals surface area contributed by atoms with Gasteiger partial charge in [0.05, 0.1) is 24.0 Å². The topological polar surface area (TPSA) is 83.6 Å². The lowest BCUT2D eigenvalue weighted by molar-refractivity contribution is -0.141. The third-order valence-electron chi connectivity index (χ3n) is 4.02. The van der Waals surface area contributed by atoms with Gasteiger partial charge in [-0.3, -0.25) is 9.59 Å². The molecule has 1 aliphatic heterocycles. The van der Waals surface area contributed by atoms with Gasteiger partial charge in [-0.2, -0.15) is 13.2 Å². The Morgan fingerprint density at radius 2 is 2.04 bits per heavy atom. The molecule has 0 spiro atoms. The first-order chi connectivity index (χ1) is 11.1. The Hall–Kier alpha value is -2.09. The van der Waals surface area contributed by atoms with E-state index in [2.05, 4.69) is 0 Å². The Morgan fingerprint density at radius 1 is 1.33 bits per heavy atom. The van der Waals surface area contributed by atoms with Crippen LogP contribution in [0.1, 0.15) is 30.4 Å². The largest absolute Gasteiger partial charge is 0.416 e. The van der Waals surface area contributed by atoms with E-state index in [-0.39, 0.29) is 24.9 Å². The number of halogens is 3. The summed E-state index contributed by atoms with van der Waals surface area (Å²) in [6.07, 6.45) is -4.07. The van der Waals surface area contributed by atoms with Crippen LogP contribution >= 0.6 is 0 Å². The number of amides is 2. The van der Waals surface area contributed by atoms with Gasteiger partial charge in [-0.1, -0.05) is 18.2 Å². The SMILES string of the molecule is NC(=O)CC1(O)CCCN(C(=O)Cc2cccc(C(F)(F)F)c2)C1. The highest BCUT2D eigenvalue weighted by Crippen LogP contribution is 2.30. The van der Waals surface area contributed by atoms with Gasteiger partial charge in [0.25, 0.3) is 0 Å². The number of aliphatic hydroxyl groups is 1. The predicted molar refractivity (Wildman–Crippen MR) is 79.7 cm³/mol. The molecule has 8 heteroatoms.